The highest BCUT2D eigenvalue weighted by molar-refractivity contribution is 5.99. The summed E-state index contributed by atoms with van der Waals surface area (Å²) in [6.07, 6.45) is 2.75. The molecule has 0 radical (unpaired) electrons. The fraction of sp³-hybridized carbons (Fsp3) is 0.462. The molecule has 3 rings (SSSR count). The number of nitrogens with two attached hydrogens (primary N) is 1. The third kappa shape index (κ3) is 2.13. The molecule has 1 fully saturated rings. The monoisotopic (exact) mass is 231 g/mol. The lowest BCUT2D eigenvalue weighted by Gasteiger charge is -2.32. The van der Waals surface area contributed by atoms with E-state index in [9.17, 15) is 4.79 Å². The van der Waals surface area contributed by atoms with Crippen molar-refractivity contribution in [1.82, 2.24) is 0 Å². The van der Waals surface area contributed by atoms with E-state index in [1.165, 1.54) is 0 Å². The quantitative estimate of drug-likeness (QED) is 0.735. The second-order valence-electron chi connectivity index (χ2n) is 5.08. The van der Waals surface area contributed by atoms with Crippen LogP contribution in [0.4, 0.5) is 11.4 Å². The summed E-state index contributed by atoms with van der Waals surface area (Å²) in [5.74, 6) is 0.792. The van der Waals surface area contributed by atoms with Crippen LogP contribution in [-0.2, 0) is 11.2 Å². The molecule has 0 spiro atoms. The molecular weight excluding hydrogens is 214 g/mol. The average Bonchev–Trinajstić information content (AvgIpc) is 2.62. The van der Waals surface area contributed by atoms with E-state index >= 15 is 0 Å². The zero-order chi connectivity index (χ0) is 11.8. The Kier molecular flexibility index (Phi) is 2.52. The van der Waals surface area contributed by atoms with Crippen molar-refractivity contribution in [2.45, 2.75) is 25.3 Å². The van der Waals surface area contributed by atoms with Gasteiger partial charge in [-0.1, -0.05) is 0 Å². The lowest BCUT2D eigenvalue weighted by molar-refractivity contribution is -0.115. The van der Waals surface area contributed by atoms with Gasteiger partial charge in [0.25, 0.3) is 0 Å². The smallest absolute Gasteiger partial charge is 0.228 e. The highest BCUT2D eigenvalue weighted by atomic mass is 16.1. The zero-order valence-electron chi connectivity index (χ0n) is 9.70. The first-order chi connectivity index (χ1) is 8.20. The highest BCUT2D eigenvalue weighted by Crippen LogP contribution is 2.28. The van der Waals surface area contributed by atoms with Gasteiger partial charge in [0.15, 0.2) is 0 Å². The predicted octanol–water partition coefficient (Wildman–Crippen LogP) is 1.33. The first kappa shape index (κ1) is 10.6. The first-order valence-corrected chi connectivity index (χ1v) is 6.13. The van der Waals surface area contributed by atoms with Gasteiger partial charge in [0, 0.05) is 24.0 Å². The number of carbonyl (C=O) groups excluding carboxylic acids is 1. The summed E-state index contributed by atoms with van der Waals surface area (Å²) in [6, 6.07) is 6.45. The number of fused-ring (bicyclic) bond motifs is 1. The van der Waals surface area contributed by atoms with Gasteiger partial charge in [-0.25, -0.2) is 0 Å². The van der Waals surface area contributed by atoms with Crippen molar-refractivity contribution in [3.8, 4) is 0 Å². The third-order valence-corrected chi connectivity index (χ3v) is 3.60. The molecule has 1 aliphatic heterocycles. The molecule has 0 saturated heterocycles. The molecule has 1 aromatic carbocycles. The molecule has 17 heavy (non-hydrogen) atoms. The molecule has 90 valence electrons. The van der Waals surface area contributed by atoms with E-state index in [1.54, 1.807) is 0 Å². The Hall–Kier alpha value is -1.55. The summed E-state index contributed by atoms with van der Waals surface area (Å²) >= 11 is 0. The van der Waals surface area contributed by atoms with Crippen molar-refractivity contribution < 1.29 is 4.79 Å². The van der Waals surface area contributed by atoms with E-state index in [0.717, 1.165) is 36.3 Å². The van der Waals surface area contributed by atoms with Crippen LogP contribution in [0.15, 0.2) is 18.2 Å². The lowest BCUT2D eigenvalue weighted by atomic mass is 9.81. The minimum absolute atomic E-state index is 0.0853. The molecule has 1 aliphatic carbocycles. The second-order valence-corrected chi connectivity index (χ2v) is 5.08. The van der Waals surface area contributed by atoms with E-state index in [0.29, 0.717) is 18.4 Å². The van der Waals surface area contributed by atoms with Gasteiger partial charge in [-0.15, -0.1) is 0 Å². The largest absolute Gasteiger partial charge is 0.385 e. The molecule has 2 aliphatic rings. The maximum absolute atomic E-state index is 11.2. The molecule has 0 bridgehead atoms. The van der Waals surface area contributed by atoms with E-state index in [-0.39, 0.29) is 5.91 Å². The molecule has 0 aromatic heterocycles. The standard InChI is InChI=1S/C13H17N3O/c14-10-3-8(4-10)7-15-11-1-2-12-9(5-11)6-13(17)16-12/h1-2,5,8,10,15H,3-4,6-7,14H2,(H,16,17). The van der Waals surface area contributed by atoms with Crippen molar-refractivity contribution in [3.63, 3.8) is 0 Å². The van der Waals surface area contributed by atoms with Crippen LogP contribution in [0.25, 0.3) is 0 Å². The summed E-state index contributed by atoms with van der Waals surface area (Å²) in [6.45, 7) is 0.980. The lowest BCUT2D eigenvalue weighted by Crippen LogP contribution is -2.39. The number of benzene rings is 1. The number of anilines is 2. The van der Waals surface area contributed by atoms with Crippen LogP contribution in [0.5, 0.6) is 0 Å². The van der Waals surface area contributed by atoms with Crippen molar-refractivity contribution in [2.24, 2.45) is 11.7 Å². The van der Waals surface area contributed by atoms with Crippen LogP contribution in [0.2, 0.25) is 0 Å². The number of amides is 1. The number of carbonyl (C=O) groups is 1. The molecule has 4 nitrogen and oxygen atoms in total. The Balaban J connectivity index is 1.61. The Bertz CT molecular complexity index is 452. The van der Waals surface area contributed by atoms with Gasteiger partial charge in [-0.2, -0.15) is 0 Å². The van der Waals surface area contributed by atoms with Crippen molar-refractivity contribution in [1.29, 1.82) is 0 Å². The van der Waals surface area contributed by atoms with Crippen LogP contribution in [0.1, 0.15) is 18.4 Å². The highest BCUT2D eigenvalue weighted by Gasteiger charge is 2.25. The maximum Gasteiger partial charge on any atom is 0.228 e. The van der Waals surface area contributed by atoms with Gasteiger partial charge < -0.3 is 16.4 Å². The van der Waals surface area contributed by atoms with Crippen LogP contribution >= 0.6 is 0 Å². The van der Waals surface area contributed by atoms with Gasteiger partial charge in [-0.3, -0.25) is 4.79 Å². The van der Waals surface area contributed by atoms with Gasteiger partial charge in [0.1, 0.15) is 0 Å². The summed E-state index contributed by atoms with van der Waals surface area (Å²) in [5, 5.41) is 6.25. The van der Waals surface area contributed by atoms with E-state index in [4.69, 9.17) is 5.73 Å². The van der Waals surface area contributed by atoms with E-state index in [1.807, 2.05) is 12.1 Å². The molecule has 1 amide bonds. The number of hydrogen-bond donors (Lipinski definition) is 3. The number of rotatable bonds is 3. The van der Waals surface area contributed by atoms with Gasteiger partial charge in [-0.05, 0) is 42.5 Å². The predicted molar refractivity (Wildman–Crippen MR) is 68.0 cm³/mol. The molecule has 4 heteroatoms. The SMILES string of the molecule is NC1CC(CNc2ccc3c(c2)CC(=O)N3)C1. The fourth-order valence-electron chi connectivity index (χ4n) is 2.56. The van der Waals surface area contributed by atoms with E-state index < -0.39 is 0 Å². The Morgan fingerprint density at radius 2 is 2.24 bits per heavy atom. The first-order valence-electron chi connectivity index (χ1n) is 6.13. The summed E-state index contributed by atoms with van der Waals surface area (Å²) in [7, 11) is 0. The minimum atomic E-state index is 0.0853. The molecule has 0 atom stereocenters. The van der Waals surface area contributed by atoms with E-state index in [2.05, 4.69) is 16.7 Å². The molecule has 4 N–H and O–H groups in total. The summed E-state index contributed by atoms with van der Waals surface area (Å²) in [5.41, 5.74) is 8.89. The van der Waals surface area contributed by atoms with Crippen molar-refractivity contribution in [2.75, 3.05) is 17.2 Å². The van der Waals surface area contributed by atoms with Crippen molar-refractivity contribution >= 4 is 17.3 Å². The molecule has 1 saturated carbocycles. The van der Waals surface area contributed by atoms with Gasteiger partial charge in [0.2, 0.25) is 5.91 Å². The number of hydrogen-bond acceptors (Lipinski definition) is 3. The minimum Gasteiger partial charge on any atom is -0.385 e. The van der Waals surface area contributed by atoms with Gasteiger partial charge in [0.05, 0.1) is 6.42 Å². The van der Waals surface area contributed by atoms with Gasteiger partial charge >= 0.3 is 0 Å². The Morgan fingerprint density at radius 1 is 1.41 bits per heavy atom. The molecule has 0 unspecified atom stereocenters. The summed E-state index contributed by atoms with van der Waals surface area (Å²) in [4.78, 5) is 11.2. The van der Waals surface area contributed by atoms with Crippen LogP contribution in [-0.4, -0.2) is 18.5 Å². The number of nitrogens with one attached hydrogen (secondary N) is 2. The fourth-order valence-corrected chi connectivity index (χ4v) is 2.56. The van der Waals surface area contributed by atoms with Crippen LogP contribution in [0, 0.1) is 5.92 Å². The zero-order valence-corrected chi connectivity index (χ0v) is 9.70. The second kappa shape index (κ2) is 4.04. The Labute approximate surface area is 101 Å². The van der Waals surface area contributed by atoms with Crippen LogP contribution < -0.4 is 16.4 Å². The average molecular weight is 231 g/mol. The van der Waals surface area contributed by atoms with Crippen LogP contribution in [0.3, 0.4) is 0 Å². The molecule has 1 aromatic rings. The normalized spacial score (nSPS) is 26.1. The molecular formula is C13H17N3O. The topological polar surface area (TPSA) is 67.1 Å². The van der Waals surface area contributed by atoms with Crippen molar-refractivity contribution in [3.05, 3.63) is 23.8 Å². The third-order valence-electron chi connectivity index (χ3n) is 3.60. The Morgan fingerprint density at radius 3 is 3.00 bits per heavy atom. The summed E-state index contributed by atoms with van der Waals surface area (Å²) < 4.78 is 0. The maximum atomic E-state index is 11.2. The molecule has 1 heterocycles.